The van der Waals surface area contributed by atoms with Gasteiger partial charge in [0.2, 0.25) is 0 Å². The molecule has 2 rings (SSSR count). The number of aliphatic hydroxyl groups is 1. The summed E-state index contributed by atoms with van der Waals surface area (Å²) >= 11 is 0. The first-order chi connectivity index (χ1) is 6.65. The zero-order chi connectivity index (χ0) is 10.2. The molecule has 0 aromatic carbocycles. The fraction of sp³-hybridized carbons (Fsp3) is 0.545. The van der Waals surface area contributed by atoms with Gasteiger partial charge in [-0.1, -0.05) is 6.08 Å². The van der Waals surface area contributed by atoms with E-state index in [0.717, 1.165) is 12.0 Å². The van der Waals surface area contributed by atoms with E-state index in [1.165, 1.54) is 12.2 Å². The van der Waals surface area contributed by atoms with Gasteiger partial charge in [0, 0.05) is 7.11 Å². The SMILES string of the molecule is CO[C@H]1CC[C@@]2(O)CC=CC(=O)C=C12. The van der Waals surface area contributed by atoms with E-state index in [2.05, 4.69) is 0 Å². The molecule has 0 aliphatic heterocycles. The number of hydrogen-bond acceptors (Lipinski definition) is 3. The number of ketones is 1. The summed E-state index contributed by atoms with van der Waals surface area (Å²) in [5.74, 6) is -0.0557. The maximum atomic E-state index is 11.3. The molecule has 0 amide bonds. The fourth-order valence-corrected chi connectivity index (χ4v) is 2.23. The van der Waals surface area contributed by atoms with Crippen molar-refractivity contribution in [3.05, 3.63) is 23.8 Å². The topological polar surface area (TPSA) is 46.5 Å². The molecule has 2 atom stereocenters. The summed E-state index contributed by atoms with van der Waals surface area (Å²) < 4.78 is 5.24. The average molecular weight is 194 g/mol. The Kier molecular flexibility index (Phi) is 2.29. The maximum Gasteiger partial charge on any atom is 0.178 e. The van der Waals surface area contributed by atoms with Crippen molar-refractivity contribution in [1.29, 1.82) is 0 Å². The lowest BCUT2D eigenvalue weighted by Gasteiger charge is -2.23. The van der Waals surface area contributed by atoms with E-state index < -0.39 is 5.60 Å². The van der Waals surface area contributed by atoms with Crippen LogP contribution < -0.4 is 0 Å². The first-order valence-corrected chi connectivity index (χ1v) is 4.83. The predicted molar refractivity (Wildman–Crippen MR) is 51.8 cm³/mol. The predicted octanol–water partition coefficient (Wildman–Crippen LogP) is 0.982. The van der Waals surface area contributed by atoms with Gasteiger partial charge in [0.15, 0.2) is 5.78 Å². The molecular formula is C11H14O3. The number of hydrogen-bond donors (Lipinski definition) is 1. The zero-order valence-corrected chi connectivity index (χ0v) is 8.19. The number of methoxy groups -OCH3 is 1. The molecule has 3 nitrogen and oxygen atoms in total. The lowest BCUT2D eigenvalue weighted by molar-refractivity contribution is -0.110. The van der Waals surface area contributed by atoms with Crippen LogP contribution in [0.3, 0.4) is 0 Å². The van der Waals surface area contributed by atoms with E-state index in [0.29, 0.717) is 12.8 Å². The molecule has 76 valence electrons. The minimum atomic E-state index is -0.844. The van der Waals surface area contributed by atoms with Gasteiger partial charge in [-0.3, -0.25) is 4.79 Å². The van der Waals surface area contributed by atoms with E-state index in [1.807, 2.05) is 0 Å². The highest BCUT2D eigenvalue weighted by molar-refractivity contribution is 6.00. The maximum absolute atomic E-state index is 11.3. The Balaban J connectivity index is 2.37. The lowest BCUT2D eigenvalue weighted by Crippen LogP contribution is -2.28. The van der Waals surface area contributed by atoms with Crippen molar-refractivity contribution < 1.29 is 14.6 Å². The van der Waals surface area contributed by atoms with Gasteiger partial charge in [-0.15, -0.1) is 0 Å². The molecular weight excluding hydrogens is 180 g/mol. The molecule has 0 aromatic rings. The molecule has 1 saturated carbocycles. The molecule has 0 unspecified atom stereocenters. The van der Waals surface area contributed by atoms with E-state index in [4.69, 9.17) is 4.74 Å². The molecule has 1 fully saturated rings. The second-order valence-corrected chi connectivity index (χ2v) is 3.90. The summed E-state index contributed by atoms with van der Waals surface area (Å²) in [6, 6.07) is 0. The third-order valence-electron chi connectivity index (χ3n) is 3.02. The van der Waals surface area contributed by atoms with E-state index >= 15 is 0 Å². The largest absolute Gasteiger partial charge is 0.385 e. The van der Waals surface area contributed by atoms with Crippen molar-refractivity contribution in [1.82, 2.24) is 0 Å². The van der Waals surface area contributed by atoms with Crippen LogP contribution in [0.25, 0.3) is 0 Å². The smallest absolute Gasteiger partial charge is 0.178 e. The Bertz CT molecular complexity index is 316. The van der Waals surface area contributed by atoms with Crippen LogP contribution in [0.1, 0.15) is 19.3 Å². The molecule has 2 aliphatic carbocycles. The molecule has 0 saturated heterocycles. The van der Waals surface area contributed by atoms with E-state index in [9.17, 15) is 9.90 Å². The van der Waals surface area contributed by atoms with Gasteiger partial charge in [-0.2, -0.15) is 0 Å². The molecule has 0 aromatic heterocycles. The van der Waals surface area contributed by atoms with Crippen LogP contribution in [0, 0.1) is 0 Å². The summed E-state index contributed by atoms with van der Waals surface area (Å²) in [6.07, 6.45) is 6.66. The van der Waals surface area contributed by atoms with Crippen molar-refractivity contribution in [2.75, 3.05) is 7.11 Å². The highest BCUT2D eigenvalue weighted by Gasteiger charge is 2.42. The normalized spacial score (nSPS) is 36.6. The second-order valence-electron chi connectivity index (χ2n) is 3.90. The first kappa shape index (κ1) is 9.62. The summed E-state index contributed by atoms with van der Waals surface area (Å²) in [7, 11) is 1.61. The Morgan fingerprint density at radius 3 is 3.14 bits per heavy atom. The van der Waals surface area contributed by atoms with Crippen molar-refractivity contribution in [2.45, 2.75) is 31.0 Å². The van der Waals surface area contributed by atoms with Gasteiger partial charge < -0.3 is 9.84 Å². The minimum Gasteiger partial charge on any atom is -0.385 e. The number of rotatable bonds is 1. The fourth-order valence-electron chi connectivity index (χ4n) is 2.23. The van der Waals surface area contributed by atoms with Crippen LogP contribution in [-0.2, 0) is 9.53 Å². The number of fused-ring (bicyclic) bond motifs is 1. The highest BCUT2D eigenvalue weighted by atomic mass is 16.5. The molecule has 14 heavy (non-hydrogen) atoms. The average Bonchev–Trinajstić information content (AvgIpc) is 2.36. The highest BCUT2D eigenvalue weighted by Crippen LogP contribution is 2.40. The Morgan fingerprint density at radius 1 is 1.64 bits per heavy atom. The van der Waals surface area contributed by atoms with Gasteiger partial charge in [-0.25, -0.2) is 0 Å². The van der Waals surface area contributed by atoms with E-state index in [-0.39, 0.29) is 11.9 Å². The molecule has 0 radical (unpaired) electrons. The summed E-state index contributed by atoms with van der Waals surface area (Å²) in [5, 5.41) is 10.3. The monoisotopic (exact) mass is 194 g/mol. The Morgan fingerprint density at radius 2 is 2.43 bits per heavy atom. The van der Waals surface area contributed by atoms with Crippen LogP contribution >= 0.6 is 0 Å². The third-order valence-corrected chi connectivity index (χ3v) is 3.02. The minimum absolute atomic E-state index is 0.0557. The van der Waals surface area contributed by atoms with Gasteiger partial charge in [-0.05, 0) is 37.0 Å². The van der Waals surface area contributed by atoms with Crippen molar-refractivity contribution in [2.24, 2.45) is 0 Å². The second kappa shape index (κ2) is 3.33. The number of carbonyl (C=O) groups excluding carboxylic acids is 1. The van der Waals surface area contributed by atoms with Gasteiger partial charge >= 0.3 is 0 Å². The third kappa shape index (κ3) is 1.42. The molecule has 3 heteroatoms. The Hall–Kier alpha value is -0.930. The van der Waals surface area contributed by atoms with Gasteiger partial charge in [0.1, 0.15) is 0 Å². The van der Waals surface area contributed by atoms with Gasteiger partial charge in [0.25, 0.3) is 0 Å². The molecule has 1 N–H and O–H groups in total. The van der Waals surface area contributed by atoms with Gasteiger partial charge in [0.05, 0.1) is 11.7 Å². The number of carbonyl (C=O) groups is 1. The quantitative estimate of drug-likeness (QED) is 0.677. The zero-order valence-electron chi connectivity index (χ0n) is 8.19. The standard InChI is InChI=1S/C11H14O3/c1-14-10-4-6-11(13)5-2-3-8(12)7-9(10)11/h2-3,7,10,13H,4-6H2,1H3/t10-,11-/m0/s1. The van der Waals surface area contributed by atoms with Crippen molar-refractivity contribution in [3.8, 4) is 0 Å². The first-order valence-electron chi connectivity index (χ1n) is 4.83. The number of allylic oxidation sites excluding steroid dienone is 2. The summed E-state index contributed by atoms with van der Waals surface area (Å²) in [6.45, 7) is 0. The summed E-state index contributed by atoms with van der Waals surface area (Å²) in [5.41, 5.74) is -0.0985. The van der Waals surface area contributed by atoms with Crippen LogP contribution in [0.5, 0.6) is 0 Å². The molecule has 2 aliphatic rings. The van der Waals surface area contributed by atoms with Crippen molar-refractivity contribution >= 4 is 5.78 Å². The lowest BCUT2D eigenvalue weighted by atomic mass is 9.93. The van der Waals surface area contributed by atoms with Crippen LogP contribution in [0.15, 0.2) is 23.8 Å². The van der Waals surface area contributed by atoms with Crippen LogP contribution in [0.4, 0.5) is 0 Å². The Labute approximate surface area is 83.1 Å². The molecule has 0 spiro atoms. The molecule has 0 heterocycles. The van der Waals surface area contributed by atoms with E-state index in [1.54, 1.807) is 13.2 Å². The van der Waals surface area contributed by atoms with Crippen LogP contribution in [-0.4, -0.2) is 29.7 Å². The summed E-state index contributed by atoms with van der Waals surface area (Å²) in [4.78, 5) is 11.3. The van der Waals surface area contributed by atoms with Crippen molar-refractivity contribution in [3.63, 3.8) is 0 Å². The van der Waals surface area contributed by atoms with Crippen LogP contribution in [0.2, 0.25) is 0 Å². The molecule has 0 bridgehead atoms. The number of ether oxygens (including phenoxy) is 1.